The first-order valence-electron chi connectivity index (χ1n) is 18.2. The van der Waals surface area contributed by atoms with E-state index >= 15 is 0 Å². The number of pyridine rings is 2. The number of nitrogens with zero attached hydrogens (tertiary/aromatic N) is 2. The predicted molar refractivity (Wildman–Crippen MR) is 222 cm³/mol. The molecular formula is C49H44IrN2S-2. The number of benzene rings is 5. The number of thiophene rings is 1. The Kier molecular flexibility index (Phi) is 9.56. The second-order valence-electron chi connectivity index (χ2n) is 16.6. The zero-order chi connectivity index (χ0) is 36.4. The third-order valence-corrected chi connectivity index (χ3v) is 11.7. The second-order valence-corrected chi connectivity index (χ2v) is 17.6. The minimum absolute atomic E-state index is 0. The Morgan fingerprint density at radius 3 is 2.04 bits per heavy atom. The van der Waals surface area contributed by atoms with Crippen LogP contribution in [0.15, 0.2) is 122 Å². The molecule has 1 aliphatic rings. The smallest absolute Gasteiger partial charge is 0.0239 e. The third-order valence-electron chi connectivity index (χ3n) is 10.6. The quantitative estimate of drug-likeness (QED) is 0.162. The van der Waals surface area contributed by atoms with Crippen LogP contribution in [0.1, 0.15) is 77.6 Å². The predicted octanol–water partition coefficient (Wildman–Crippen LogP) is 13.5. The van der Waals surface area contributed by atoms with E-state index in [1.165, 1.54) is 64.3 Å². The summed E-state index contributed by atoms with van der Waals surface area (Å²) in [6, 6.07) is 46.0. The summed E-state index contributed by atoms with van der Waals surface area (Å²) < 4.78 is 2.59. The molecule has 3 heterocycles. The van der Waals surface area contributed by atoms with Crippen LogP contribution in [0.4, 0.5) is 0 Å². The van der Waals surface area contributed by atoms with Gasteiger partial charge in [0.1, 0.15) is 0 Å². The van der Waals surface area contributed by atoms with Crippen molar-refractivity contribution in [2.45, 2.75) is 71.6 Å². The summed E-state index contributed by atoms with van der Waals surface area (Å²) >= 11 is 1.83. The van der Waals surface area contributed by atoms with E-state index in [-0.39, 0.29) is 36.4 Å². The largest absolute Gasteiger partial charge is 0.305 e. The van der Waals surface area contributed by atoms with Crippen LogP contribution in [-0.4, -0.2) is 9.97 Å². The summed E-state index contributed by atoms with van der Waals surface area (Å²) in [4.78, 5) is 9.44. The second kappa shape index (κ2) is 13.7. The maximum Gasteiger partial charge on any atom is 0.0239 e. The number of aromatic nitrogens is 2. The summed E-state index contributed by atoms with van der Waals surface area (Å²) in [5.74, 6) is 0. The van der Waals surface area contributed by atoms with E-state index in [4.69, 9.17) is 4.98 Å². The Labute approximate surface area is 331 Å². The molecule has 5 aromatic carbocycles. The van der Waals surface area contributed by atoms with E-state index in [1.807, 2.05) is 29.8 Å². The van der Waals surface area contributed by atoms with Crippen LogP contribution in [0, 0.1) is 12.1 Å². The zero-order valence-electron chi connectivity index (χ0n) is 31.7. The van der Waals surface area contributed by atoms with Crippen LogP contribution in [-0.2, 0) is 36.4 Å². The van der Waals surface area contributed by atoms with E-state index in [9.17, 15) is 0 Å². The van der Waals surface area contributed by atoms with E-state index in [1.54, 1.807) is 0 Å². The average Bonchev–Trinajstić information content (AvgIpc) is 3.63. The van der Waals surface area contributed by atoms with Gasteiger partial charge in [0.05, 0.1) is 0 Å². The molecule has 0 fully saturated rings. The number of hydrogen-bond donors (Lipinski definition) is 0. The zero-order valence-corrected chi connectivity index (χ0v) is 34.9. The van der Waals surface area contributed by atoms with Gasteiger partial charge in [-0.2, -0.15) is 11.3 Å². The van der Waals surface area contributed by atoms with E-state index < -0.39 is 0 Å². The topological polar surface area (TPSA) is 25.8 Å². The van der Waals surface area contributed by atoms with Gasteiger partial charge in [-0.05, 0) is 89.1 Å². The number of fused-ring (bicyclic) bond motifs is 8. The Balaban J connectivity index is 0.000000180. The molecule has 9 rings (SSSR count). The molecule has 0 aliphatic heterocycles. The fraction of sp³-hybridized carbons (Fsp3) is 0.224. The molecule has 0 amide bonds. The third kappa shape index (κ3) is 6.67. The standard InChI is InChI=1S/C30H20NS.C19H24N.Ir/c1-30(2)27-20-8-4-3-7-18(20)11-13-22(27)23-15-16-31-29(28(23)30)19-12-14-26-24(17-19)21-9-5-6-10-25(21)32-26;1-18(2,3)15-9-7-8-14(12-15)17-13-16(10-11-20-17)19(4,5)6;/h3-11,13-17H,1-2H3;7,9-13H,1-6H3;/q2*-1;. The molecule has 0 atom stereocenters. The van der Waals surface area contributed by atoms with Crippen LogP contribution in [0.2, 0.25) is 0 Å². The molecule has 1 aliphatic carbocycles. The molecule has 0 spiro atoms. The van der Waals surface area contributed by atoms with Gasteiger partial charge in [-0.1, -0.05) is 121 Å². The molecule has 3 aromatic heterocycles. The first-order valence-corrected chi connectivity index (χ1v) is 19.0. The van der Waals surface area contributed by atoms with Crippen molar-refractivity contribution in [2.75, 3.05) is 0 Å². The van der Waals surface area contributed by atoms with Crippen molar-refractivity contribution in [3.05, 3.63) is 156 Å². The van der Waals surface area contributed by atoms with Gasteiger partial charge >= 0.3 is 0 Å². The van der Waals surface area contributed by atoms with Crippen molar-refractivity contribution in [3.8, 4) is 33.6 Å². The SMILES string of the molecule is CC(C)(C)c1cc[c-]c(-c2cc(C(C)(C)C)ccn2)c1.CC1(C)c2c(ccnc2-c2[c-]cc3sc4ccccc4c3c2)-c2ccc3ccccc3c21.[Ir]. The van der Waals surface area contributed by atoms with Crippen molar-refractivity contribution in [2.24, 2.45) is 0 Å². The fourth-order valence-corrected chi connectivity index (χ4v) is 8.82. The molecule has 53 heavy (non-hydrogen) atoms. The van der Waals surface area contributed by atoms with Crippen molar-refractivity contribution in [1.82, 2.24) is 9.97 Å². The van der Waals surface area contributed by atoms with Gasteiger partial charge in [-0.25, -0.2) is 0 Å². The molecule has 0 unspecified atom stereocenters. The Bertz CT molecular complexity index is 2580. The van der Waals surface area contributed by atoms with Crippen LogP contribution in [0.25, 0.3) is 64.6 Å². The Morgan fingerprint density at radius 1 is 0.585 bits per heavy atom. The molecule has 4 heteroatoms. The minimum Gasteiger partial charge on any atom is -0.305 e. The van der Waals surface area contributed by atoms with Gasteiger partial charge in [0, 0.05) is 42.6 Å². The van der Waals surface area contributed by atoms with E-state index in [2.05, 4.69) is 176 Å². The number of hydrogen-bond acceptors (Lipinski definition) is 3. The van der Waals surface area contributed by atoms with Crippen molar-refractivity contribution in [1.29, 1.82) is 0 Å². The Hall–Kier alpha value is -4.47. The van der Waals surface area contributed by atoms with Crippen LogP contribution in [0.5, 0.6) is 0 Å². The molecule has 267 valence electrons. The van der Waals surface area contributed by atoms with E-state index in [0.29, 0.717) is 0 Å². The Morgan fingerprint density at radius 2 is 1.26 bits per heavy atom. The normalized spacial score (nSPS) is 13.3. The molecule has 0 saturated carbocycles. The molecular weight excluding hydrogens is 841 g/mol. The summed E-state index contributed by atoms with van der Waals surface area (Å²) in [6.45, 7) is 18.0. The van der Waals surface area contributed by atoms with Gasteiger partial charge in [0.25, 0.3) is 0 Å². The van der Waals surface area contributed by atoms with Crippen LogP contribution < -0.4 is 0 Å². The molecule has 0 bridgehead atoms. The van der Waals surface area contributed by atoms with Crippen molar-refractivity contribution in [3.63, 3.8) is 0 Å². The fourth-order valence-electron chi connectivity index (χ4n) is 7.75. The molecule has 0 N–H and O–H groups in total. The molecule has 1 radical (unpaired) electrons. The summed E-state index contributed by atoms with van der Waals surface area (Å²) in [6.07, 6.45) is 3.85. The maximum atomic E-state index is 4.92. The monoisotopic (exact) mass is 885 g/mol. The van der Waals surface area contributed by atoms with Crippen LogP contribution in [0.3, 0.4) is 0 Å². The van der Waals surface area contributed by atoms with Gasteiger partial charge in [-0.15, -0.1) is 59.2 Å². The molecule has 0 saturated heterocycles. The summed E-state index contributed by atoms with van der Waals surface area (Å²) in [5.41, 5.74) is 12.3. The van der Waals surface area contributed by atoms with Crippen molar-refractivity contribution >= 4 is 42.3 Å². The minimum atomic E-state index is -0.144. The first kappa shape index (κ1) is 36.9. The van der Waals surface area contributed by atoms with Gasteiger partial charge in [0.15, 0.2) is 0 Å². The molecule has 8 aromatic rings. The van der Waals surface area contributed by atoms with Gasteiger partial charge < -0.3 is 9.97 Å². The summed E-state index contributed by atoms with van der Waals surface area (Å²) in [5, 5.41) is 5.22. The molecule has 2 nitrogen and oxygen atoms in total. The first-order chi connectivity index (χ1) is 24.8. The van der Waals surface area contributed by atoms with Gasteiger partial charge in [-0.3, -0.25) is 0 Å². The summed E-state index contributed by atoms with van der Waals surface area (Å²) in [7, 11) is 0. The number of rotatable bonds is 2. The average molecular weight is 885 g/mol. The van der Waals surface area contributed by atoms with Crippen LogP contribution >= 0.6 is 11.3 Å². The van der Waals surface area contributed by atoms with Crippen molar-refractivity contribution < 1.29 is 20.1 Å². The van der Waals surface area contributed by atoms with E-state index in [0.717, 1.165) is 22.5 Å². The maximum absolute atomic E-state index is 4.92. The van der Waals surface area contributed by atoms with Gasteiger partial charge in [0.2, 0.25) is 0 Å².